The van der Waals surface area contributed by atoms with E-state index in [1.165, 1.54) is 5.56 Å². The van der Waals surface area contributed by atoms with E-state index in [9.17, 15) is 4.79 Å². The van der Waals surface area contributed by atoms with Gasteiger partial charge in [0.1, 0.15) is 13.2 Å². The molecular formula is C18H20N2O3. The van der Waals surface area contributed by atoms with Crippen LogP contribution in [0.1, 0.15) is 22.8 Å². The number of nitrogens with one attached hydrogen (secondary N) is 1. The van der Waals surface area contributed by atoms with Crippen molar-refractivity contribution in [3.05, 3.63) is 47.5 Å². The first-order valence-corrected chi connectivity index (χ1v) is 7.72. The van der Waals surface area contributed by atoms with Crippen LogP contribution in [0.4, 0.5) is 0 Å². The van der Waals surface area contributed by atoms with E-state index in [1.807, 2.05) is 18.2 Å². The monoisotopic (exact) mass is 312 g/mol. The predicted octanol–water partition coefficient (Wildman–Crippen LogP) is 2.33. The lowest BCUT2D eigenvalue weighted by molar-refractivity contribution is 0.0989. The molecule has 120 valence electrons. The molecule has 0 saturated carbocycles. The maximum atomic E-state index is 11.7. The fourth-order valence-electron chi connectivity index (χ4n) is 2.59. The minimum atomic E-state index is -0.516. The molecule has 3 N–H and O–H groups in total. The third-order valence-electron chi connectivity index (χ3n) is 3.77. The first-order chi connectivity index (χ1) is 11.2. The van der Waals surface area contributed by atoms with E-state index in [-0.39, 0.29) is 0 Å². The van der Waals surface area contributed by atoms with Crippen LogP contribution in [0.25, 0.3) is 11.1 Å². The summed E-state index contributed by atoms with van der Waals surface area (Å²) in [6.45, 7) is 4.74. The summed E-state index contributed by atoms with van der Waals surface area (Å²) in [6.07, 6.45) is 0. The lowest BCUT2D eigenvalue weighted by Crippen LogP contribution is -2.20. The quantitative estimate of drug-likeness (QED) is 0.888. The Morgan fingerprint density at radius 3 is 2.57 bits per heavy atom. The molecule has 2 aromatic carbocycles. The topological polar surface area (TPSA) is 73.6 Å². The predicted molar refractivity (Wildman–Crippen MR) is 88.8 cm³/mol. The van der Waals surface area contributed by atoms with Crippen LogP contribution in [0.2, 0.25) is 0 Å². The van der Waals surface area contributed by atoms with E-state index >= 15 is 0 Å². The maximum absolute atomic E-state index is 11.7. The molecule has 1 heterocycles. The lowest BCUT2D eigenvalue weighted by atomic mass is 10.00. The van der Waals surface area contributed by atoms with Crippen molar-refractivity contribution in [2.75, 3.05) is 19.8 Å². The summed E-state index contributed by atoms with van der Waals surface area (Å²) in [6, 6.07) is 11.8. The molecule has 0 atom stereocenters. The third-order valence-corrected chi connectivity index (χ3v) is 3.77. The largest absolute Gasteiger partial charge is 0.486 e. The van der Waals surface area contributed by atoms with Gasteiger partial charge >= 0.3 is 0 Å². The molecular weight excluding hydrogens is 292 g/mol. The van der Waals surface area contributed by atoms with Gasteiger partial charge in [-0.3, -0.25) is 4.79 Å². The first-order valence-electron chi connectivity index (χ1n) is 7.72. The first kappa shape index (κ1) is 15.4. The van der Waals surface area contributed by atoms with Gasteiger partial charge in [0.05, 0.1) is 5.56 Å². The molecule has 0 spiro atoms. The molecule has 1 aliphatic heterocycles. The molecule has 3 rings (SSSR count). The molecule has 23 heavy (non-hydrogen) atoms. The van der Waals surface area contributed by atoms with E-state index in [2.05, 4.69) is 24.4 Å². The molecule has 0 saturated heterocycles. The van der Waals surface area contributed by atoms with Gasteiger partial charge < -0.3 is 20.5 Å². The van der Waals surface area contributed by atoms with E-state index in [0.717, 1.165) is 24.2 Å². The van der Waals surface area contributed by atoms with Gasteiger partial charge in [0.25, 0.3) is 5.91 Å². The molecule has 0 aliphatic carbocycles. The zero-order valence-electron chi connectivity index (χ0n) is 13.1. The van der Waals surface area contributed by atoms with Gasteiger partial charge in [0, 0.05) is 6.54 Å². The van der Waals surface area contributed by atoms with Crippen molar-refractivity contribution in [1.29, 1.82) is 0 Å². The summed E-state index contributed by atoms with van der Waals surface area (Å²) in [4.78, 5) is 11.7. The molecule has 0 unspecified atom stereocenters. The average Bonchev–Trinajstić information content (AvgIpc) is 2.59. The summed E-state index contributed by atoms with van der Waals surface area (Å²) in [5.74, 6) is 0.493. The van der Waals surface area contributed by atoms with E-state index in [4.69, 9.17) is 15.2 Å². The van der Waals surface area contributed by atoms with Crippen molar-refractivity contribution < 1.29 is 14.3 Å². The highest BCUT2D eigenvalue weighted by molar-refractivity contribution is 5.98. The van der Waals surface area contributed by atoms with Gasteiger partial charge in [0.2, 0.25) is 0 Å². The number of hydrogen-bond donors (Lipinski definition) is 2. The average molecular weight is 312 g/mol. The molecule has 5 heteroatoms. The zero-order chi connectivity index (χ0) is 16.2. The summed E-state index contributed by atoms with van der Waals surface area (Å²) < 4.78 is 11.1. The second-order valence-electron chi connectivity index (χ2n) is 5.39. The molecule has 5 nitrogen and oxygen atoms in total. The molecule has 0 aromatic heterocycles. The van der Waals surface area contributed by atoms with Crippen LogP contribution in [-0.2, 0) is 6.54 Å². The van der Waals surface area contributed by atoms with Crippen LogP contribution in [0.5, 0.6) is 11.5 Å². The van der Waals surface area contributed by atoms with Crippen LogP contribution in [0.15, 0.2) is 36.4 Å². The van der Waals surface area contributed by atoms with Crippen molar-refractivity contribution in [3.8, 4) is 22.6 Å². The number of nitrogens with two attached hydrogens (primary N) is 1. The van der Waals surface area contributed by atoms with Crippen LogP contribution < -0.4 is 20.5 Å². The Kier molecular flexibility index (Phi) is 4.48. The number of carbonyl (C=O) groups excluding carboxylic acids is 1. The van der Waals surface area contributed by atoms with Gasteiger partial charge in [0.15, 0.2) is 11.5 Å². The van der Waals surface area contributed by atoms with Crippen molar-refractivity contribution in [3.63, 3.8) is 0 Å². The Balaban J connectivity index is 1.96. The van der Waals surface area contributed by atoms with Crippen molar-refractivity contribution in [2.45, 2.75) is 13.5 Å². The minimum absolute atomic E-state index is 0.355. The minimum Gasteiger partial charge on any atom is -0.486 e. The van der Waals surface area contributed by atoms with Crippen molar-refractivity contribution in [2.24, 2.45) is 5.73 Å². The van der Waals surface area contributed by atoms with E-state index in [0.29, 0.717) is 30.3 Å². The lowest BCUT2D eigenvalue weighted by Gasteiger charge is -2.21. The number of carbonyl (C=O) groups is 1. The fourth-order valence-corrected chi connectivity index (χ4v) is 2.59. The number of benzene rings is 2. The fraction of sp³-hybridized carbons (Fsp3) is 0.278. The highest BCUT2D eigenvalue weighted by Gasteiger charge is 2.21. The van der Waals surface area contributed by atoms with Crippen molar-refractivity contribution >= 4 is 5.91 Å². The van der Waals surface area contributed by atoms with Gasteiger partial charge in [-0.2, -0.15) is 0 Å². The summed E-state index contributed by atoms with van der Waals surface area (Å²) >= 11 is 0. The summed E-state index contributed by atoms with van der Waals surface area (Å²) in [5, 5.41) is 3.29. The second-order valence-corrected chi connectivity index (χ2v) is 5.39. The Morgan fingerprint density at radius 2 is 1.87 bits per heavy atom. The van der Waals surface area contributed by atoms with Gasteiger partial charge in [-0.15, -0.1) is 0 Å². The Labute approximate surface area is 135 Å². The van der Waals surface area contributed by atoms with Gasteiger partial charge in [-0.25, -0.2) is 0 Å². The smallest absolute Gasteiger partial charge is 0.252 e. The van der Waals surface area contributed by atoms with Crippen LogP contribution in [-0.4, -0.2) is 25.7 Å². The molecule has 0 bridgehead atoms. The molecule has 1 amide bonds. The second kappa shape index (κ2) is 6.71. The third kappa shape index (κ3) is 3.29. The van der Waals surface area contributed by atoms with Crippen molar-refractivity contribution in [1.82, 2.24) is 5.32 Å². The Morgan fingerprint density at radius 1 is 1.13 bits per heavy atom. The van der Waals surface area contributed by atoms with E-state index < -0.39 is 5.91 Å². The zero-order valence-corrected chi connectivity index (χ0v) is 13.1. The molecule has 0 fully saturated rings. The number of ether oxygens (including phenoxy) is 2. The summed E-state index contributed by atoms with van der Waals surface area (Å²) in [7, 11) is 0. The molecule has 2 aromatic rings. The number of primary amides is 1. The summed E-state index contributed by atoms with van der Waals surface area (Å²) in [5.41, 5.74) is 8.94. The molecule has 0 radical (unpaired) electrons. The van der Waals surface area contributed by atoms with Gasteiger partial charge in [-0.05, 0) is 35.4 Å². The maximum Gasteiger partial charge on any atom is 0.252 e. The standard InChI is InChI=1S/C18H20N2O3/c1-2-20-11-12-3-5-13(6-4-12)14-9-15(18(19)21)17-16(10-14)22-7-8-23-17/h3-6,9-10,20H,2,7-8,11H2,1H3,(H2,19,21). The normalized spacial score (nSPS) is 12.9. The molecule has 1 aliphatic rings. The number of hydrogen-bond acceptors (Lipinski definition) is 4. The number of amides is 1. The SMILES string of the molecule is CCNCc1ccc(-c2cc3c(c(C(N)=O)c2)OCCO3)cc1. The van der Waals surface area contributed by atoms with E-state index in [1.54, 1.807) is 6.07 Å². The number of rotatable bonds is 5. The Hall–Kier alpha value is -2.53. The van der Waals surface area contributed by atoms with Crippen LogP contribution in [0, 0.1) is 0 Å². The highest BCUT2D eigenvalue weighted by Crippen LogP contribution is 2.38. The van der Waals surface area contributed by atoms with Crippen LogP contribution >= 0.6 is 0 Å². The number of fused-ring (bicyclic) bond motifs is 1. The van der Waals surface area contributed by atoms with Gasteiger partial charge in [-0.1, -0.05) is 31.2 Å². The Bertz CT molecular complexity index is 711. The highest BCUT2D eigenvalue weighted by atomic mass is 16.6. The van der Waals surface area contributed by atoms with Crippen LogP contribution in [0.3, 0.4) is 0 Å².